The molecular weight excluding hydrogens is 256 g/mol. The summed E-state index contributed by atoms with van der Waals surface area (Å²) in [6.45, 7) is 0.287. The number of alkyl halides is 1. The maximum absolute atomic E-state index is 5.54. The Bertz CT molecular complexity index is 637. The molecule has 1 aromatic carbocycles. The lowest BCUT2D eigenvalue weighted by atomic mass is 10.2. The molecule has 2 aromatic rings. The molecule has 1 aromatic heterocycles. The molecule has 0 unspecified atom stereocenters. The zero-order chi connectivity index (χ0) is 12.1. The summed E-state index contributed by atoms with van der Waals surface area (Å²) in [7, 11) is 0. The number of hydrogen-bond donors (Lipinski definition) is 0. The third kappa shape index (κ3) is 3.00. The van der Waals surface area contributed by atoms with E-state index in [0.29, 0.717) is 21.9 Å². The molecule has 0 aliphatic heterocycles. The molecule has 2 rings (SSSR count). The normalized spacial score (nSPS) is 9.71. The van der Waals surface area contributed by atoms with E-state index in [2.05, 4.69) is 11.8 Å². The third-order valence-electron chi connectivity index (χ3n) is 2.10. The number of rotatable bonds is 2. The van der Waals surface area contributed by atoms with Crippen molar-refractivity contribution in [1.82, 2.24) is 0 Å². The summed E-state index contributed by atoms with van der Waals surface area (Å²) in [6, 6.07) is 9.25. The predicted octanol–water partition coefficient (Wildman–Crippen LogP) is 3.78. The molecule has 0 bridgehead atoms. The van der Waals surface area contributed by atoms with Crippen molar-refractivity contribution in [3.63, 3.8) is 0 Å². The lowest BCUT2D eigenvalue weighted by Crippen LogP contribution is -1.94. The highest BCUT2D eigenvalue weighted by molar-refractivity contribution is 7.71. The Morgan fingerprint density at radius 3 is 2.94 bits per heavy atom. The van der Waals surface area contributed by atoms with E-state index >= 15 is 0 Å². The Morgan fingerprint density at radius 1 is 1.29 bits per heavy atom. The van der Waals surface area contributed by atoms with Crippen molar-refractivity contribution in [2.75, 3.05) is 12.5 Å². The van der Waals surface area contributed by atoms with Gasteiger partial charge in [-0.1, -0.05) is 24.0 Å². The number of benzene rings is 1. The van der Waals surface area contributed by atoms with Gasteiger partial charge in [0.15, 0.2) is 4.71 Å². The number of para-hydroxylation sites is 1. The highest BCUT2D eigenvalue weighted by Gasteiger charge is 2.03. The van der Waals surface area contributed by atoms with E-state index in [0.717, 1.165) is 5.39 Å². The van der Waals surface area contributed by atoms with Gasteiger partial charge in [0.25, 0.3) is 0 Å². The lowest BCUT2D eigenvalue weighted by molar-refractivity contribution is 0.371. The number of halogens is 1. The summed E-state index contributed by atoms with van der Waals surface area (Å²) in [6.07, 6.45) is 0. The van der Waals surface area contributed by atoms with Crippen molar-refractivity contribution in [2.24, 2.45) is 0 Å². The minimum Gasteiger partial charge on any atom is -0.480 e. The van der Waals surface area contributed by atoms with Gasteiger partial charge in [0.1, 0.15) is 17.9 Å². The summed E-state index contributed by atoms with van der Waals surface area (Å²) in [5.41, 5.74) is 0.709. The zero-order valence-electron chi connectivity index (χ0n) is 8.90. The minimum atomic E-state index is 0.287. The minimum absolute atomic E-state index is 0.287. The van der Waals surface area contributed by atoms with E-state index in [1.54, 1.807) is 6.07 Å². The summed E-state index contributed by atoms with van der Waals surface area (Å²) >= 11 is 10.5. The van der Waals surface area contributed by atoms with E-state index < -0.39 is 0 Å². The second-order valence-electron chi connectivity index (χ2n) is 3.20. The van der Waals surface area contributed by atoms with Crippen LogP contribution in [0.4, 0.5) is 0 Å². The second-order valence-corrected chi connectivity index (χ2v) is 3.87. The monoisotopic (exact) mass is 264 g/mol. The molecule has 1 heterocycles. The smallest absolute Gasteiger partial charge is 0.194 e. The quantitative estimate of drug-likeness (QED) is 0.468. The molecule has 0 saturated carbocycles. The van der Waals surface area contributed by atoms with Crippen LogP contribution in [-0.2, 0) is 0 Å². The first-order valence-electron chi connectivity index (χ1n) is 4.98. The molecule has 4 heteroatoms. The molecule has 0 N–H and O–H groups in total. The van der Waals surface area contributed by atoms with Gasteiger partial charge in [-0.15, -0.1) is 11.6 Å². The van der Waals surface area contributed by atoms with Gasteiger partial charge in [0.2, 0.25) is 0 Å². The Morgan fingerprint density at radius 2 is 2.12 bits per heavy atom. The topological polar surface area (TPSA) is 22.4 Å². The Hall–Kier alpha value is -1.50. The average Bonchev–Trinajstić information content (AvgIpc) is 2.34. The molecule has 0 atom stereocenters. The fourth-order valence-corrected chi connectivity index (χ4v) is 1.70. The highest BCUT2D eigenvalue weighted by Crippen LogP contribution is 2.25. The molecule has 2 nitrogen and oxygen atoms in total. The molecule has 0 fully saturated rings. The fraction of sp³-hybridized carbons (Fsp3) is 0.154. The van der Waals surface area contributed by atoms with Gasteiger partial charge in [-0.05, 0) is 24.4 Å². The van der Waals surface area contributed by atoms with Crippen molar-refractivity contribution in [3.05, 3.63) is 35.0 Å². The Labute approximate surface area is 109 Å². The summed E-state index contributed by atoms with van der Waals surface area (Å²) in [5, 5.41) is 0.883. The van der Waals surface area contributed by atoms with Gasteiger partial charge in [0, 0.05) is 6.07 Å². The van der Waals surface area contributed by atoms with E-state index in [4.69, 9.17) is 33.0 Å². The van der Waals surface area contributed by atoms with Gasteiger partial charge in [-0.3, -0.25) is 0 Å². The molecule has 0 radical (unpaired) electrons. The van der Waals surface area contributed by atoms with Gasteiger partial charge in [-0.2, -0.15) is 0 Å². The lowest BCUT2D eigenvalue weighted by Gasteiger charge is -2.05. The van der Waals surface area contributed by atoms with Gasteiger partial charge < -0.3 is 9.15 Å². The summed E-state index contributed by atoms with van der Waals surface area (Å²) in [4.78, 5) is 0. The van der Waals surface area contributed by atoms with E-state index in [9.17, 15) is 0 Å². The average molecular weight is 265 g/mol. The second kappa shape index (κ2) is 5.72. The molecule has 0 spiro atoms. The molecule has 0 aliphatic carbocycles. The Kier molecular flexibility index (Phi) is 4.03. The van der Waals surface area contributed by atoms with Crippen molar-refractivity contribution >= 4 is 34.8 Å². The van der Waals surface area contributed by atoms with Crippen LogP contribution >= 0.6 is 23.8 Å². The molecule has 86 valence electrons. The van der Waals surface area contributed by atoms with Crippen LogP contribution < -0.4 is 4.74 Å². The van der Waals surface area contributed by atoms with E-state index in [1.807, 2.05) is 24.3 Å². The number of ether oxygens (including phenoxy) is 1. The van der Waals surface area contributed by atoms with Crippen molar-refractivity contribution in [2.45, 2.75) is 0 Å². The first-order chi connectivity index (χ1) is 8.31. The van der Waals surface area contributed by atoms with Crippen LogP contribution in [0.5, 0.6) is 5.75 Å². The maximum atomic E-state index is 5.54. The predicted molar refractivity (Wildman–Crippen MR) is 71.0 cm³/mol. The van der Waals surface area contributed by atoms with Gasteiger partial charge in [-0.25, -0.2) is 0 Å². The van der Waals surface area contributed by atoms with Crippen LogP contribution in [0, 0.1) is 16.5 Å². The van der Waals surface area contributed by atoms with Crippen molar-refractivity contribution in [1.29, 1.82) is 0 Å². The summed E-state index contributed by atoms with van der Waals surface area (Å²) < 4.78 is 11.3. The van der Waals surface area contributed by atoms with Crippen LogP contribution in [0.15, 0.2) is 34.7 Å². The van der Waals surface area contributed by atoms with Gasteiger partial charge >= 0.3 is 0 Å². The molecule has 0 aliphatic rings. The molecular formula is C13H9ClO2S. The number of fused-ring (bicyclic) bond motifs is 1. The van der Waals surface area contributed by atoms with Crippen LogP contribution in [-0.4, -0.2) is 12.5 Å². The van der Waals surface area contributed by atoms with E-state index in [-0.39, 0.29) is 6.61 Å². The Balaban J connectivity index is 2.35. The van der Waals surface area contributed by atoms with Crippen molar-refractivity contribution in [3.8, 4) is 17.6 Å². The fourth-order valence-electron chi connectivity index (χ4n) is 1.41. The third-order valence-corrected chi connectivity index (χ3v) is 2.44. The van der Waals surface area contributed by atoms with Crippen LogP contribution in [0.1, 0.15) is 0 Å². The van der Waals surface area contributed by atoms with Crippen LogP contribution in [0.2, 0.25) is 0 Å². The van der Waals surface area contributed by atoms with Crippen LogP contribution in [0.3, 0.4) is 0 Å². The zero-order valence-corrected chi connectivity index (χ0v) is 10.5. The van der Waals surface area contributed by atoms with Crippen molar-refractivity contribution < 1.29 is 9.15 Å². The first-order valence-corrected chi connectivity index (χ1v) is 5.93. The molecule has 17 heavy (non-hydrogen) atoms. The van der Waals surface area contributed by atoms with E-state index in [1.165, 1.54) is 0 Å². The summed E-state index contributed by atoms with van der Waals surface area (Å²) in [5.74, 6) is 6.51. The molecule has 0 amide bonds. The van der Waals surface area contributed by atoms with Gasteiger partial charge in [0.05, 0.1) is 11.3 Å². The largest absolute Gasteiger partial charge is 0.480 e. The number of hydrogen-bond acceptors (Lipinski definition) is 3. The highest BCUT2D eigenvalue weighted by atomic mass is 35.5. The maximum Gasteiger partial charge on any atom is 0.194 e. The molecule has 0 saturated heterocycles. The SMILES string of the molecule is S=c1cc(OCC#CCCl)c2ccccc2o1. The first kappa shape index (κ1) is 12.0. The standard InChI is InChI=1S/C13H9ClO2S/c14-7-3-4-8-15-12-9-13(17)16-11-6-2-1-5-10(11)12/h1-2,5-6,9H,7-8H2. The van der Waals surface area contributed by atoms with Crippen LogP contribution in [0.25, 0.3) is 11.0 Å².